The highest BCUT2D eigenvalue weighted by Crippen LogP contribution is 2.47. The number of fused-ring (bicyclic) bond motifs is 5. The number of rotatable bonds is 44. The van der Waals surface area contributed by atoms with Crippen molar-refractivity contribution in [3.05, 3.63) is 170 Å². The molecule has 5 unspecified atom stereocenters. The molecule has 9 rings (SSSR count). The van der Waals surface area contributed by atoms with Crippen molar-refractivity contribution in [2.24, 2.45) is 5.92 Å². The highest BCUT2D eigenvalue weighted by molar-refractivity contribution is 7.90. The summed E-state index contributed by atoms with van der Waals surface area (Å²) in [6.07, 6.45) is 6.82. The van der Waals surface area contributed by atoms with E-state index in [9.17, 15) is 45.6 Å². The third kappa shape index (κ3) is 30.1. The fourth-order valence-electron chi connectivity index (χ4n) is 17.0. The number of hydrogen-bond acceptors (Lipinski definition) is 22. The smallest absolute Gasteiger partial charge is 0.419 e. The monoisotopic (exact) mass is 1950 g/mol. The van der Waals surface area contributed by atoms with Crippen molar-refractivity contribution in [2.75, 3.05) is 65.8 Å². The van der Waals surface area contributed by atoms with Gasteiger partial charge >= 0.3 is 12.2 Å². The van der Waals surface area contributed by atoms with Crippen LogP contribution in [0.25, 0.3) is 23.3 Å². The molecule has 5 aromatic carbocycles. The molecule has 1 aliphatic carbocycles. The maximum Gasteiger partial charge on any atom is 0.419 e. The van der Waals surface area contributed by atoms with E-state index in [2.05, 4.69) is 81.3 Å². The summed E-state index contributed by atoms with van der Waals surface area (Å²) in [4.78, 5) is 130. The molecule has 752 valence electrons. The molecular weight excluding hydrogens is 1810 g/mol. The average molecular weight is 1950 g/mol. The van der Waals surface area contributed by atoms with Gasteiger partial charge in [0.05, 0.1) is 48.5 Å². The van der Waals surface area contributed by atoms with Crippen LogP contribution in [0.15, 0.2) is 101 Å². The molecule has 8 amide bonds. The SMILES string of the molecule is C=Cc1c(C(NC(C)=O)C(=O)NC(Cc2ccc(OC(C)(C)C)cc2)C(=O)NC(CCCNC(=N)NS(=O)(=O)c2c(C)c(C)c3c(c2C)CCC(C)(C)O3)C(=O)NCC(=O)NC(CCCNC(=N)NS(=O)(=O)c2c(C)c(C)c3c(c2C)CCC(C)(C)O3)C(=O)NC(CC(C)C)C(=O)NCCOCCOCCNC(=O)OCC2c3ccccc3-c3ccccc32)cn(C(=O)OC(C)(C)C)c1C=CCC. The van der Waals surface area contributed by atoms with E-state index in [0.717, 1.165) is 33.4 Å². The third-order valence-corrected chi connectivity index (χ3v) is 27.1. The Morgan fingerprint density at radius 2 is 1.06 bits per heavy atom. The van der Waals surface area contributed by atoms with E-state index in [1.807, 2.05) is 106 Å². The molecule has 1 aromatic heterocycles. The summed E-state index contributed by atoms with van der Waals surface area (Å²) in [7, 11) is -8.83. The Balaban J connectivity index is 0.934. The summed E-state index contributed by atoms with van der Waals surface area (Å²) in [6.45, 7) is 39.0. The normalized spacial score (nSPS) is 14.8. The molecule has 6 aromatic rings. The minimum Gasteiger partial charge on any atom is -0.488 e. The minimum absolute atomic E-state index is 0.00119. The second-order valence-corrected chi connectivity index (χ2v) is 41.9. The van der Waals surface area contributed by atoms with E-state index in [1.165, 1.54) is 23.8 Å². The zero-order valence-electron chi connectivity index (χ0n) is 83.3. The van der Waals surface area contributed by atoms with E-state index < -0.39 is 145 Å². The van der Waals surface area contributed by atoms with E-state index in [1.54, 1.807) is 98.7 Å². The summed E-state index contributed by atoms with van der Waals surface area (Å²) in [5.74, 6) is -5.83. The first-order valence-corrected chi connectivity index (χ1v) is 50.0. The van der Waals surface area contributed by atoms with Crippen molar-refractivity contribution in [1.29, 1.82) is 10.8 Å². The lowest BCUT2D eigenvalue weighted by molar-refractivity contribution is -0.134. The Kier molecular flexibility index (Phi) is 37.9. The van der Waals surface area contributed by atoms with Crippen LogP contribution in [0, 0.1) is 58.3 Å². The lowest BCUT2D eigenvalue weighted by Gasteiger charge is -2.35. The molecular formula is C101H141N15O20S2. The number of guanidine groups is 2. The van der Waals surface area contributed by atoms with Crippen LogP contribution < -0.4 is 76.8 Å². The van der Waals surface area contributed by atoms with Crippen molar-refractivity contribution in [3.8, 4) is 28.4 Å². The number of amides is 8. The molecule has 0 bridgehead atoms. The maximum atomic E-state index is 15.5. The number of aromatic nitrogens is 1. The van der Waals surface area contributed by atoms with Crippen molar-refractivity contribution >= 4 is 97.7 Å². The van der Waals surface area contributed by atoms with Crippen molar-refractivity contribution in [1.82, 2.24) is 67.2 Å². The average Bonchev–Trinajstić information content (AvgIpc) is 1.11. The fourth-order valence-corrected chi connectivity index (χ4v) is 20.0. The van der Waals surface area contributed by atoms with Crippen molar-refractivity contribution in [3.63, 3.8) is 0 Å². The number of nitrogens with one attached hydrogen (secondary N) is 14. The summed E-state index contributed by atoms with van der Waals surface area (Å²) in [5.41, 5.74) is 7.44. The molecule has 3 heterocycles. The Bertz CT molecular complexity index is 5710. The maximum absolute atomic E-state index is 15.5. The van der Waals surface area contributed by atoms with Gasteiger partial charge in [-0.2, -0.15) is 0 Å². The van der Waals surface area contributed by atoms with E-state index in [0.29, 0.717) is 88.3 Å². The van der Waals surface area contributed by atoms with Crippen molar-refractivity contribution in [2.45, 2.75) is 277 Å². The number of carbonyl (C=O) groups is 9. The van der Waals surface area contributed by atoms with Crippen LogP contribution in [0.3, 0.4) is 0 Å². The molecule has 0 radical (unpaired) electrons. The highest BCUT2D eigenvalue weighted by Gasteiger charge is 2.40. The Labute approximate surface area is 811 Å². The molecule has 37 heteroatoms. The van der Waals surface area contributed by atoms with Gasteiger partial charge in [0.25, 0.3) is 20.0 Å². The molecule has 0 saturated carbocycles. The lowest BCUT2D eigenvalue weighted by Crippen LogP contribution is -2.57. The largest absolute Gasteiger partial charge is 0.488 e. The molecule has 0 fully saturated rings. The van der Waals surface area contributed by atoms with Gasteiger partial charge in [-0.1, -0.05) is 100 Å². The van der Waals surface area contributed by atoms with Gasteiger partial charge in [-0.15, -0.1) is 0 Å². The Morgan fingerprint density at radius 1 is 0.572 bits per heavy atom. The van der Waals surface area contributed by atoms with Gasteiger partial charge in [0.1, 0.15) is 76.5 Å². The van der Waals surface area contributed by atoms with Gasteiger partial charge in [0, 0.05) is 62.8 Å². The second-order valence-electron chi connectivity index (χ2n) is 38.7. The molecule has 14 N–H and O–H groups in total. The number of benzene rings is 5. The number of alkyl carbamates (subject to hydrolysis) is 1. The first-order chi connectivity index (χ1) is 64.8. The first kappa shape index (κ1) is 109. The zero-order valence-corrected chi connectivity index (χ0v) is 84.9. The van der Waals surface area contributed by atoms with E-state index in [4.69, 9.17) is 44.0 Å². The van der Waals surface area contributed by atoms with Gasteiger partial charge in [0.15, 0.2) is 0 Å². The topological polar surface area (TPSA) is 484 Å². The third-order valence-electron chi connectivity index (χ3n) is 23.9. The molecule has 0 saturated heterocycles. The number of hydrogen-bond donors (Lipinski definition) is 14. The predicted octanol–water partition coefficient (Wildman–Crippen LogP) is 11.3. The number of nitrogens with zero attached hydrogens (tertiary/aromatic N) is 1. The lowest BCUT2D eigenvalue weighted by atomic mass is 9.88. The van der Waals surface area contributed by atoms with Crippen LogP contribution in [-0.4, -0.2) is 199 Å². The van der Waals surface area contributed by atoms with Crippen molar-refractivity contribution < 1.29 is 93.1 Å². The van der Waals surface area contributed by atoms with Crippen LogP contribution in [0.1, 0.15) is 238 Å². The van der Waals surface area contributed by atoms with Gasteiger partial charge in [-0.25, -0.2) is 35.9 Å². The van der Waals surface area contributed by atoms with E-state index in [-0.39, 0.29) is 136 Å². The predicted molar refractivity (Wildman–Crippen MR) is 528 cm³/mol. The van der Waals surface area contributed by atoms with Crippen LogP contribution in [0.5, 0.6) is 17.2 Å². The fraction of sp³-hybridized carbons (Fsp3) is 0.515. The van der Waals surface area contributed by atoms with Crippen LogP contribution >= 0.6 is 0 Å². The standard InChI is InChI=1S/C101H141N15O20S2/c1-22-24-37-82-69(23-2)76(57-116(82)97(125)136-99(15,16)17)84(109-66(11)117)93(123)113-81(55-67-38-40-68(41-39-67)133-98(12,13)14)92(122)111-78(35-29-46-105-94(102)114-137(126,127)87-62(7)60(5)85-70(64(87)9)42-44-100(18,19)134-85)89(119)108-56-83(118)110-79(36-30-47-106-95(103)115-138(128,129)88-63(8)61(6)86-71(65(88)10)43-45-101(20,21)135-86)91(121)112-80(54-59(3)4)90(120)104-48-50-130-52-53-131-51-49-107-96(124)132-58-77-74-33-27-25-31-72(74)73-32-26-28-34-75(73)77/h23-28,31-34,37-41,57,59,77-81,84H,2,22,29-30,35-36,42-56,58H2,1,3-21H3,(H,104,120)(H,107,124)(H,108,119)(H,109,117)(H,110,118)(H,111,122)(H,112,121)(H,113,123)(H3,102,105,114)(H3,103,106,115). The molecule has 138 heavy (non-hydrogen) atoms. The van der Waals surface area contributed by atoms with Gasteiger partial charge in [0.2, 0.25) is 53.3 Å². The van der Waals surface area contributed by atoms with Crippen LogP contribution in [-0.2, 0) is 91.8 Å². The Hall–Kier alpha value is -12.4. The molecule has 0 spiro atoms. The summed E-state index contributed by atoms with van der Waals surface area (Å²) >= 11 is 0. The van der Waals surface area contributed by atoms with Gasteiger partial charge in [-0.3, -0.25) is 48.9 Å². The molecule has 3 aliphatic rings. The zero-order chi connectivity index (χ0) is 102. The van der Waals surface area contributed by atoms with E-state index >= 15 is 14.4 Å². The molecule has 35 nitrogen and oxygen atoms in total. The second kappa shape index (κ2) is 47.8. The van der Waals surface area contributed by atoms with Gasteiger partial charge < -0.3 is 86.3 Å². The summed E-state index contributed by atoms with van der Waals surface area (Å²) in [6, 6.07) is 15.2. The quantitative estimate of drug-likeness (QED) is 0.00959. The summed E-state index contributed by atoms with van der Waals surface area (Å²) < 4.78 is 105. The molecule has 2 aliphatic heterocycles. The Morgan fingerprint density at radius 3 is 1.55 bits per heavy atom. The number of carbonyl (C=O) groups excluding carboxylic acids is 9. The van der Waals surface area contributed by atoms with Crippen LogP contribution in [0.2, 0.25) is 0 Å². The minimum atomic E-state index is -4.44. The highest BCUT2D eigenvalue weighted by atomic mass is 32.2. The van der Waals surface area contributed by atoms with Crippen LogP contribution in [0.4, 0.5) is 9.59 Å². The number of allylic oxidation sites excluding steroid dienone is 1. The van der Waals surface area contributed by atoms with Gasteiger partial charge in [-0.05, 0) is 271 Å². The summed E-state index contributed by atoms with van der Waals surface area (Å²) in [5, 5.41) is 45.1. The first-order valence-electron chi connectivity index (χ1n) is 47.0. The number of sulfonamides is 2. The number of ether oxygens (including phenoxy) is 7. The molecule has 5 atom stereocenters.